The van der Waals surface area contributed by atoms with Crippen LogP contribution in [0.2, 0.25) is 0 Å². The van der Waals surface area contributed by atoms with Gasteiger partial charge in [-0.3, -0.25) is 0 Å². The van der Waals surface area contributed by atoms with Crippen LogP contribution in [0.25, 0.3) is 11.4 Å². The molecule has 2 aromatic carbocycles. The predicted octanol–water partition coefficient (Wildman–Crippen LogP) is 2.42. The Kier molecular flexibility index (Phi) is 4.57. The van der Waals surface area contributed by atoms with E-state index in [2.05, 4.69) is 15.4 Å². The van der Waals surface area contributed by atoms with E-state index in [1.54, 1.807) is 32.4 Å². The Bertz CT molecular complexity index is 948. The maximum atomic E-state index is 13.4. The molecule has 8 heteroatoms. The Morgan fingerprint density at radius 3 is 2.64 bits per heavy atom. The fraction of sp³-hybridized carbons (Fsp3) is 0.176. The predicted molar refractivity (Wildman–Crippen MR) is 86.6 cm³/mol. The van der Waals surface area contributed by atoms with Crippen molar-refractivity contribution in [2.75, 3.05) is 14.2 Å². The van der Waals surface area contributed by atoms with E-state index in [1.165, 1.54) is 23.0 Å². The molecule has 0 unspecified atom stereocenters. The van der Waals surface area contributed by atoms with Crippen LogP contribution in [0.1, 0.15) is 11.1 Å². The van der Waals surface area contributed by atoms with Gasteiger partial charge in [-0.2, -0.15) is 10.1 Å². The lowest BCUT2D eigenvalue weighted by atomic mass is 10.1. The van der Waals surface area contributed by atoms with Gasteiger partial charge in [0, 0.05) is 5.56 Å². The highest BCUT2D eigenvalue weighted by atomic mass is 19.1. The normalized spacial score (nSPS) is 10.3. The Morgan fingerprint density at radius 1 is 1.12 bits per heavy atom. The third-order valence-corrected chi connectivity index (χ3v) is 3.59. The Labute approximate surface area is 143 Å². The number of rotatable bonds is 5. The van der Waals surface area contributed by atoms with Gasteiger partial charge in [0.05, 0.1) is 32.4 Å². The quantitative estimate of drug-likeness (QED) is 0.709. The number of benzene rings is 2. The molecule has 0 radical (unpaired) electrons. The second-order valence-electron chi connectivity index (χ2n) is 5.13. The van der Waals surface area contributed by atoms with Crippen molar-refractivity contribution in [3.8, 4) is 29.0 Å². The fourth-order valence-electron chi connectivity index (χ4n) is 2.36. The van der Waals surface area contributed by atoms with Gasteiger partial charge < -0.3 is 9.47 Å². The van der Waals surface area contributed by atoms with Gasteiger partial charge in [-0.15, -0.1) is 10.2 Å². The molecule has 1 aromatic heterocycles. The largest absolute Gasteiger partial charge is 0.493 e. The summed E-state index contributed by atoms with van der Waals surface area (Å²) in [4.78, 5) is 1.31. The molecule has 0 aliphatic rings. The zero-order valence-corrected chi connectivity index (χ0v) is 13.6. The van der Waals surface area contributed by atoms with Crippen molar-refractivity contribution >= 4 is 0 Å². The van der Waals surface area contributed by atoms with E-state index in [9.17, 15) is 4.39 Å². The summed E-state index contributed by atoms with van der Waals surface area (Å²) in [6.07, 6.45) is 0. The molecule has 0 atom stereocenters. The molecule has 0 saturated heterocycles. The van der Waals surface area contributed by atoms with Crippen LogP contribution in [-0.2, 0) is 6.54 Å². The van der Waals surface area contributed by atoms with Crippen LogP contribution < -0.4 is 9.47 Å². The monoisotopic (exact) mass is 339 g/mol. The first kappa shape index (κ1) is 16.4. The van der Waals surface area contributed by atoms with Crippen molar-refractivity contribution in [2.24, 2.45) is 0 Å². The van der Waals surface area contributed by atoms with E-state index in [0.717, 1.165) is 0 Å². The minimum absolute atomic E-state index is 0.140. The summed E-state index contributed by atoms with van der Waals surface area (Å²) in [7, 11) is 3.09. The highest BCUT2D eigenvalue weighted by Gasteiger charge is 2.12. The summed E-state index contributed by atoms with van der Waals surface area (Å²) in [5.74, 6) is 1.11. The summed E-state index contributed by atoms with van der Waals surface area (Å²) >= 11 is 0. The van der Waals surface area contributed by atoms with Crippen LogP contribution in [-0.4, -0.2) is 34.4 Å². The SMILES string of the molecule is COc1ccc(-c2nnn(Cc3cc(F)ccc3C#N)n2)cc1OC. The van der Waals surface area contributed by atoms with Gasteiger partial charge in [-0.25, -0.2) is 4.39 Å². The second kappa shape index (κ2) is 6.97. The first-order valence-corrected chi connectivity index (χ1v) is 7.33. The zero-order chi connectivity index (χ0) is 17.8. The molecule has 0 aliphatic heterocycles. The van der Waals surface area contributed by atoms with Crippen molar-refractivity contribution in [1.82, 2.24) is 20.2 Å². The Balaban J connectivity index is 1.89. The summed E-state index contributed by atoms with van der Waals surface area (Å²) in [5.41, 5.74) is 1.55. The molecule has 126 valence electrons. The van der Waals surface area contributed by atoms with E-state index >= 15 is 0 Å². The summed E-state index contributed by atoms with van der Waals surface area (Å²) < 4.78 is 23.9. The van der Waals surface area contributed by atoms with Crippen LogP contribution in [0.3, 0.4) is 0 Å². The van der Waals surface area contributed by atoms with Gasteiger partial charge in [-0.1, -0.05) is 0 Å². The lowest BCUT2D eigenvalue weighted by molar-refractivity contribution is 0.355. The summed E-state index contributed by atoms with van der Waals surface area (Å²) in [6, 6.07) is 11.2. The van der Waals surface area contributed by atoms with Gasteiger partial charge in [0.2, 0.25) is 5.82 Å². The van der Waals surface area contributed by atoms with Gasteiger partial charge in [0.25, 0.3) is 0 Å². The molecule has 3 aromatic rings. The third kappa shape index (κ3) is 3.40. The topological polar surface area (TPSA) is 85.9 Å². The molecular weight excluding hydrogens is 325 g/mol. The van der Waals surface area contributed by atoms with E-state index in [-0.39, 0.29) is 6.54 Å². The van der Waals surface area contributed by atoms with E-state index in [1.807, 2.05) is 6.07 Å². The molecule has 0 N–H and O–H groups in total. The molecular formula is C17H14FN5O2. The van der Waals surface area contributed by atoms with Crippen LogP contribution in [0.15, 0.2) is 36.4 Å². The smallest absolute Gasteiger partial charge is 0.205 e. The number of hydrogen-bond acceptors (Lipinski definition) is 6. The number of methoxy groups -OCH3 is 2. The van der Waals surface area contributed by atoms with Crippen LogP contribution >= 0.6 is 0 Å². The maximum Gasteiger partial charge on any atom is 0.205 e. The van der Waals surface area contributed by atoms with Gasteiger partial charge >= 0.3 is 0 Å². The van der Waals surface area contributed by atoms with Gasteiger partial charge in [-0.05, 0) is 47.2 Å². The number of ether oxygens (including phenoxy) is 2. The highest BCUT2D eigenvalue weighted by Crippen LogP contribution is 2.30. The zero-order valence-electron chi connectivity index (χ0n) is 13.6. The first-order valence-electron chi connectivity index (χ1n) is 7.33. The minimum atomic E-state index is -0.422. The van der Waals surface area contributed by atoms with Crippen LogP contribution in [0.5, 0.6) is 11.5 Å². The average molecular weight is 339 g/mol. The van der Waals surface area contributed by atoms with Crippen molar-refractivity contribution in [2.45, 2.75) is 6.54 Å². The average Bonchev–Trinajstić information content (AvgIpc) is 3.10. The molecule has 3 rings (SSSR count). The Morgan fingerprint density at radius 2 is 1.92 bits per heavy atom. The van der Waals surface area contributed by atoms with E-state index in [4.69, 9.17) is 14.7 Å². The summed E-state index contributed by atoms with van der Waals surface area (Å²) in [6.45, 7) is 0.140. The lowest BCUT2D eigenvalue weighted by Gasteiger charge is -2.07. The number of aromatic nitrogens is 4. The second-order valence-corrected chi connectivity index (χ2v) is 5.13. The van der Waals surface area contributed by atoms with Crippen molar-refractivity contribution < 1.29 is 13.9 Å². The standard InChI is InChI=1S/C17H14FN5O2/c1-24-15-6-4-11(8-16(15)25-2)17-20-22-23(21-17)10-13-7-14(18)5-3-12(13)9-19/h3-8H,10H2,1-2H3. The number of tetrazole rings is 1. The highest BCUT2D eigenvalue weighted by molar-refractivity contribution is 5.60. The molecule has 7 nitrogen and oxygen atoms in total. The molecule has 0 aliphatic carbocycles. The number of nitrogens with zero attached hydrogens (tertiary/aromatic N) is 5. The number of halogens is 1. The van der Waals surface area contributed by atoms with Crippen molar-refractivity contribution in [1.29, 1.82) is 5.26 Å². The number of hydrogen-bond donors (Lipinski definition) is 0. The van der Waals surface area contributed by atoms with Gasteiger partial charge in [0.15, 0.2) is 11.5 Å². The summed E-state index contributed by atoms with van der Waals surface area (Å²) in [5, 5.41) is 21.4. The number of nitriles is 1. The fourth-order valence-corrected chi connectivity index (χ4v) is 2.36. The molecule has 0 amide bonds. The third-order valence-electron chi connectivity index (χ3n) is 3.59. The lowest BCUT2D eigenvalue weighted by Crippen LogP contribution is -2.06. The first-order chi connectivity index (χ1) is 12.1. The van der Waals surface area contributed by atoms with Gasteiger partial charge in [0.1, 0.15) is 5.82 Å². The molecule has 0 spiro atoms. The van der Waals surface area contributed by atoms with Crippen molar-refractivity contribution in [3.63, 3.8) is 0 Å². The van der Waals surface area contributed by atoms with E-state index in [0.29, 0.717) is 34.0 Å². The molecule has 0 saturated carbocycles. The molecule has 0 fully saturated rings. The maximum absolute atomic E-state index is 13.4. The van der Waals surface area contributed by atoms with Crippen LogP contribution in [0, 0.1) is 17.1 Å². The molecule has 0 bridgehead atoms. The van der Waals surface area contributed by atoms with Crippen molar-refractivity contribution in [3.05, 3.63) is 53.3 Å². The molecule has 25 heavy (non-hydrogen) atoms. The Hall–Kier alpha value is -3.47. The molecule has 1 heterocycles. The minimum Gasteiger partial charge on any atom is -0.493 e. The van der Waals surface area contributed by atoms with E-state index < -0.39 is 5.82 Å². The van der Waals surface area contributed by atoms with Crippen LogP contribution in [0.4, 0.5) is 4.39 Å².